The van der Waals surface area contributed by atoms with E-state index in [4.69, 9.17) is 0 Å². The molecule has 1 aliphatic heterocycles. The highest BCUT2D eigenvalue weighted by atomic mass is 16.1. The van der Waals surface area contributed by atoms with E-state index >= 15 is 0 Å². The number of Topliss-reactive ketones (excluding diaryl/α,β-unsaturated/α-hetero) is 1. The van der Waals surface area contributed by atoms with Crippen LogP contribution in [-0.4, -0.2) is 17.3 Å². The molecule has 1 aliphatic rings. The fourth-order valence-electron chi connectivity index (χ4n) is 2.99. The van der Waals surface area contributed by atoms with Gasteiger partial charge in [0.2, 0.25) is 0 Å². The number of hydrogen-bond donors (Lipinski definition) is 1. The number of ketones is 1. The number of carbonyl (C=O) groups excluding carboxylic acids is 1. The van der Waals surface area contributed by atoms with E-state index in [9.17, 15) is 4.79 Å². The molecular formula is C21H22N2O. The minimum Gasteiger partial charge on any atom is -0.312 e. The van der Waals surface area contributed by atoms with Gasteiger partial charge in [-0.05, 0) is 50.1 Å². The molecule has 0 saturated carbocycles. The van der Waals surface area contributed by atoms with Crippen LogP contribution in [0.15, 0.2) is 54.6 Å². The number of aromatic nitrogens is 1. The lowest BCUT2D eigenvalue weighted by atomic mass is 10.0. The van der Waals surface area contributed by atoms with E-state index in [2.05, 4.69) is 34.6 Å². The molecule has 3 aromatic rings. The van der Waals surface area contributed by atoms with E-state index in [-0.39, 0.29) is 5.78 Å². The van der Waals surface area contributed by atoms with Crippen LogP contribution < -0.4 is 5.32 Å². The molecule has 0 bridgehead atoms. The molecule has 0 unspecified atom stereocenters. The van der Waals surface area contributed by atoms with Crippen LogP contribution in [0, 0.1) is 6.92 Å². The molecule has 0 spiro atoms. The van der Waals surface area contributed by atoms with Crippen molar-refractivity contribution >= 4 is 16.7 Å². The summed E-state index contributed by atoms with van der Waals surface area (Å²) >= 11 is 0. The summed E-state index contributed by atoms with van der Waals surface area (Å²) in [5.41, 5.74) is 5.44. The summed E-state index contributed by atoms with van der Waals surface area (Å²) < 4.78 is 0. The second kappa shape index (κ2) is 7.37. The number of nitrogens with zero attached hydrogens (tertiary/aromatic N) is 1. The van der Waals surface area contributed by atoms with Crippen molar-refractivity contribution < 1.29 is 4.79 Å². The number of para-hydroxylation sites is 1. The molecule has 0 radical (unpaired) electrons. The van der Waals surface area contributed by atoms with Gasteiger partial charge in [0.1, 0.15) is 0 Å². The van der Waals surface area contributed by atoms with Crippen LogP contribution in [0.5, 0.6) is 0 Å². The van der Waals surface area contributed by atoms with E-state index in [1.807, 2.05) is 37.3 Å². The van der Waals surface area contributed by atoms with Crippen molar-refractivity contribution in [3.05, 3.63) is 77.0 Å². The lowest BCUT2D eigenvalue weighted by molar-refractivity contribution is 0.101. The third-order valence-electron chi connectivity index (χ3n) is 4.30. The molecule has 3 heteroatoms. The Morgan fingerprint density at radius 2 is 1.75 bits per heavy atom. The molecule has 1 aromatic heterocycles. The molecule has 2 heterocycles. The maximum absolute atomic E-state index is 11.3. The quantitative estimate of drug-likeness (QED) is 0.688. The first kappa shape index (κ1) is 16.3. The highest BCUT2D eigenvalue weighted by Crippen LogP contribution is 2.16. The molecular weight excluding hydrogens is 296 g/mol. The minimum absolute atomic E-state index is 0.0701. The average molecular weight is 318 g/mol. The predicted octanol–water partition coefficient (Wildman–Crippen LogP) is 4.08. The summed E-state index contributed by atoms with van der Waals surface area (Å²) in [6, 6.07) is 18.3. The number of benzene rings is 2. The minimum atomic E-state index is 0.0701. The molecule has 24 heavy (non-hydrogen) atoms. The van der Waals surface area contributed by atoms with Crippen LogP contribution >= 0.6 is 0 Å². The molecule has 1 N–H and O–H groups in total. The fraction of sp³-hybridized carbons (Fsp3) is 0.238. The first-order valence-electron chi connectivity index (χ1n) is 8.30. The summed E-state index contributed by atoms with van der Waals surface area (Å²) in [4.78, 5) is 15.6. The molecule has 0 aliphatic carbocycles. The number of aryl methyl sites for hydroxylation is 1. The van der Waals surface area contributed by atoms with E-state index < -0.39 is 0 Å². The van der Waals surface area contributed by atoms with Crippen LogP contribution in [0.25, 0.3) is 10.9 Å². The fourth-order valence-corrected chi connectivity index (χ4v) is 2.99. The Morgan fingerprint density at radius 1 is 1.04 bits per heavy atom. The summed E-state index contributed by atoms with van der Waals surface area (Å²) in [6.45, 7) is 5.62. The van der Waals surface area contributed by atoms with Crippen molar-refractivity contribution in [3.8, 4) is 0 Å². The molecule has 0 amide bonds. The monoisotopic (exact) mass is 318 g/mol. The third-order valence-corrected chi connectivity index (χ3v) is 4.30. The Balaban J connectivity index is 0.000000149. The van der Waals surface area contributed by atoms with Crippen LogP contribution in [-0.2, 0) is 13.0 Å². The van der Waals surface area contributed by atoms with Crippen molar-refractivity contribution in [3.63, 3.8) is 0 Å². The lowest BCUT2D eigenvalue weighted by Gasteiger charge is -2.15. The average Bonchev–Trinajstić information content (AvgIpc) is 2.61. The SMILES string of the molecule is CC(=O)c1cc2ccccc2nc1C.c1ccc2c(c1)CCNC2. The van der Waals surface area contributed by atoms with E-state index in [0.29, 0.717) is 5.56 Å². The molecule has 0 fully saturated rings. The van der Waals surface area contributed by atoms with Gasteiger partial charge in [0.05, 0.1) is 5.52 Å². The zero-order valence-electron chi connectivity index (χ0n) is 14.2. The van der Waals surface area contributed by atoms with Crippen molar-refractivity contribution in [2.24, 2.45) is 0 Å². The maximum atomic E-state index is 11.3. The Morgan fingerprint density at radius 3 is 2.50 bits per heavy atom. The van der Waals surface area contributed by atoms with Crippen LogP contribution in [0.3, 0.4) is 0 Å². The standard InChI is InChI=1S/C12H11NO.C9H11N/c1-8-11(9(2)14)7-10-5-3-4-6-12(10)13-8;1-2-4-9-7-10-6-5-8(9)3-1/h3-7H,1-2H3;1-4,10H,5-7H2. The second-order valence-corrected chi connectivity index (χ2v) is 6.07. The van der Waals surface area contributed by atoms with Crippen LogP contribution in [0.2, 0.25) is 0 Å². The van der Waals surface area contributed by atoms with Gasteiger partial charge in [0.15, 0.2) is 5.78 Å². The Hall–Kier alpha value is -2.52. The lowest BCUT2D eigenvalue weighted by Crippen LogP contribution is -2.23. The number of hydrogen-bond acceptors (Lipinski definition) is 3. The Labute approximate surface area is 142 Å². The van der Waals surface area contributed by atoms with Crippen molar-refractivity contribution in [1.82, 2.24) is 10.3 Å². The maximum Gasteiger partial charge on any atom is 0.161 e. The molecule has 3 nitrogen and oxygen atoms in total. The Bertz CT molecular complexity index is 846. The van der Waals surface area contributed by atoms with Gasteiger partial charge in [0, 0.05) is 23.2 Å². The van der Waals surface area contributed by atoms with Crippen molar-refractivity contribution in [1.29, 1.82) is 0 Å². The summed E-state index contributed by atoms with van der Waals surface area (Å²) in [5, 5.41) is 4.36. The smallest absolute Gasteiger partial charge is 0.161 e. The Kier molecular flexibility index (Phi) is 5.02. The zero-order valence-corrected chi connectivity index (χ0v) is 14.2. The largest absolute Gasteiger partial charge is 0.312 e. The molecule has 2 aromatic carbocycles. The van der Waals surface area contributed by atoms with Gasteiger partial charge in [-0.25, -0.2) is 0 Å². The topological polar surface area (TPSA) is 42.0 Å². The van der Waals surface area contributed by atoms with Gasteiger partial charge in [0.25, 0.3) is 0 Å². The van der Waals surface area contributed by atoms with Gasteiger partial charge >= 0.3 is 0 Å². The van der Waals surface area contributed by atoms with Crippen LogP contribution in [0.1, 0.15) is 34.1 Å². The van der Waals surface area contributed by atoms with Gasteiger partial charge in [-0.3, -0.25) is 9.78 Å². The predicted molar refractivity (Wildman–Crippen MR) is 98.3 cm³/mol. The van der Waals surface area contributed by atoms with Gasteiger partial charge < -0.3 is 5.32 Å². The first-order chi connectivity index (χ1) is 11.6. The van der Waals surface area contributed by atoms with Crippen LogP contribution in [0.4, 0.5) is 0 Å². The summed E-state index contributed by atoms with van der Waals surface area (Å²) in [7, 11) is 0. The summed E-state index contributed by atoms with van der Waals surface area (Å²) in [6.07, 6.45) is 1.19. The number of fused-ring (bicyclic) bond motifs is 2. The third kappa shape index (κ3) is 3.69. The van der Waals surface area contributed by atoms with Gasteiger partial charge in [-0.1, -0.05) is 42.5 Å². The molecule has 122 valence electrons. The number of carbonyl (C=O) groups is 1. The highest BCUT2D eigenvalue weighted by molar-refractivity contribution is 5.98. The highest BCUT2D eigenvalue weighted by Gasteiger charge is 2.06. The number of nitrogens with one attached hydrogen (secondary N) is 1. The normalized spacial score (nSPS) is 12.9. The first-order valence-corrected chi connectivity index (χ1v) is 8.30. The van der Waals surface area contributed by atoms with Crippen molar-refractivity contribution in [2.75, 3.05) is 6.54 Å². The number of pyridine rings is 1. The van der Waals surface area contributed by atoms with E-state index in [1.54, 1.807) is 6.92 Å². The van der Waals surface area contributed by atoms with Gasteiger partial charge in [-0.2, -0.15) is 0 Å². The second-order valence-electron chi connectivity index (χ2n) is 6.07. The summed E-state index contributed by atoms with van der Waals surface area (Å²) in [5.74, 6) is 0.0701. The van der Waals surface area contributed by atoms with E-state index in [0.717, 1.165) is 29.7 Å². The molecule has 0 atom stereocenters. The molecule has 4 rings (SSSR count). The number of rotatable bonds is 1. The van der Waals surface area contributed by atoms with E-state index in [1.165, 1.54) is 17.5 Å². The van der Waals surface area contributed by atoms with Crippen molar-refractivity contribution in [2.45, 2.75) is 26.8 Å². The van der Waals surface area contributed by atoms with Gasteiger partial charge in [-0.15, -0.1) is 0 Å². The molecule has 0 saturated heterocycles. The zero-order chi connectivity index (χ0) is 16.9.